The van der Waals surface area contributed by atoms with Gasteiger partial charge in [0.15, 0.2) is 11.8 Å². The van der Waals surface area contributed by atoms with E-state index in [-0.39, 0.29) is 5.78 Å². The zero-order valence-corrected chi connectivity index (χ0v) is 8.19. The van der Waals surface area contributed by atoms with Crippen LogP contribution in [0.25, 0.3) is 0 Å². The van der Waals surface area contributed by atoms with E-state index in [9.17, 15) is 9.59 Å². The van der Waals surface area contributed by atoms with Crippen LogP contribution in [0.5, 0.6) is 0 Å². The highest BCUT2D eigenvalue weighted by Gasteiger charge is 2.27. The van der Waals surface area contributed by atoms with Gasteiger partial charge in [0.2, 0.25) is 5.91 Å². The SMILES string of the molecule is NC(=O)C1Nc2ccccc2CCC1=O. The third-order valence-corrected chi connectivity index (χ3v) is 2.56. The molecule has 15 heavy (non-hydrogen) atoms. The van der Waals surface area contributed by atoms with Crippen molar-refractivity contribution in [2.24, 2.45) is 5.73 Å². The Balaban J connectivity index is 2.35. The van der Waals surface area contributed by atoms with Crippen molar-refractivity contribution in [2.75, 3.05) is 5.32 Å². The highest BCUT2D eigenvalue weighted by molar-refractivity contribution is 6.07. The first-order valence-corrected chi connectivity index (χ1v) is 4.85. The van der Waals surface area contributed by atoms with E-state index in [1.54, 1.807) is 0 Å². The second-order valence-electron chi connectivity index (χ2n) is 3.60. The van der Waals surface area contributed by atoms with Gasteiger partial charge in [0.05, 0.1) is 0 Å². The van der Waals surface area contributed by atoms with Gasteiger partial charge in [0.25, 0.3) is 0 Å². The largest absolute Gasteiger partial charge is 0.367 e. The minimum absolute atomic E-state index is 0.140. The Labute approximate surface area is 87.5 Å². The number of rotatable bonds is 1. The smallest absolute Gasteiger partial charge is 0.247 e. The summed E-state index contributed by atoms with van der Waals surface area (Å²) in [6.07, 6.45) is 1.02. The molecule has 1 unspecified atom stereocenters. The summed E-state index contributed by atoms with van der Waals surface area (Å²) in [5.41, 5.74) is 7.04. The van der Waals surface area contributed by atoms with E-state index < -0.39 is 11.9 Å². The van der Waals surface area contributed by atoms with Crippen molar-refractivity contribution in [1.29, 1.82) is 0 Å². The molecule has 0 aliphatic carbocycles. The fraction of sp³-hybridized carbons (Fsp3) is 0.273. The van der Waals surface area contributed by atoms with Gasteiger partial charge in [-0.2, -0.15) is 0 Å². The maximum atomic E-state index is 11.6. The van der Waals surface area contributed by atoms with Gasteiger partial charge in [-0.1, -0.05) is 18.2 Å². The molecule has 3 N–H and O–H groups in total. The number of aryl methyl sites for hydroxylation is 1. The third-order valence-electron chi connectivity index (χ3n) is 2.56. The van der Waals surface area contributed by atoms with E-state index >= 15 is 0 Å². The Morgan fingerprint density at radius 1 is 1.33 bits per heavy atom. The van der Waals surface area contributed by atoms with Crippen molar-refractivity contribution in [3.8, 4) is 0 Å². The van der Waals surface area contributed by atoms with Crippen LogP contribution in [-0.4, -0.2) is 17.7 Å². The van der Waals surface area contributed by atoms with Crippen molar-refractivity contribution in [3.63, 3.8) is 0 Å². The Morgan fingerprint density at radius 2 is 2.07 bits per heavy atom. The molecule has 0 fully saturated rings. The van der Waals surface area contributed by atoms with E-state index in [1.165, 1.54) is 0 Å². The number of Topliss-reactive ketones (excluding diaryl/α,β-unsaturated/α-hetero) is 1. The molecule has 0 bridgehead atoms. The van der Waals surface area contributed by atoms with Crippen molar-refractivity contribution >= 4 is 17.4 Å². The number of nitrogens with one attached hydrogen (secondary N) is 1. The van der Waals surface area contributed by atoms with Gasteiger partial charge in [0.1, 0.15) is 0 Å². The average molecular weight is 204 g/mol. The minimum Gasteiger partial charge on any atom is -0.367 e. The summed E-state index contributed by atoms with van der Waals surface area (Å²) in [6.45, 7) is 0. The number of amides is 1. The molecule has 1 heterocycles. The number of anilines is 1. The third kappa shape index (κ3) is 1.83. The fourth-order valence-corrected chi connectivity index (χ4v) is 1.75. The van der Waals surface area contributed by atoms with Crippen molar-refractivity contribution in [1.82, 2.24) is 0 Å². The predicted octanol–water partition coefficient (Wildman–Crippen LogP) is 0.468. The first kappa shape index (κ1) is 9.71. The van der Waals surface area contributed by atoms with Gasteiger partial charge in [-0.25, -0.2) is 0 Å². The Morgan fingerprint density at radius 3 is 2.80 bits per heavy atom. The Hall–Kier alpha value is -1.84. The molecule has 0 saturated heterocycles. The second kappa shape index (κ2) is 3.73. The van der Waals surface area contributed by atoms with Crippen LogP contribution in [0, 0.1) is 0 Å². The average Bonchev–Trinajstić information content (AvgIpc) is 2.39. The number of ketones is 1. The second-order valence-corrected chi connectivity index (χ2v) is 3.60. The lowest BCUT2D eigenvalue weighted by Gasteiger charge is -2.12. The number of carbonyl (C=O) groups is 2. The molecule has 4 nitrogen and oxygen atoms in total. The molecule has 0 spiro atoms. The van der Waals surface area contributed by atoms with Crippen LogP contribution in [0.2, 0.25) is 0 Å². The summed E-state index contributed by atoms with van der Waals surface area (Å²) >= 11 is 0. The fourth-order valence-electron chi connectivity index (χ4n) is 1.75. The van der Waals surface area contributed by atoms with Gasteiger partial charge in [-0.3, -0.25) is 9.59 Å². The maximum Gasteiger partial charge on any atom is 0.247 e. The molecule has 4 heteroatoms. The van der Waals surface area contributed by atoms with Gasteiger partial charge in [0, 0.05) is 12.1 Å². The zero-order valence-electron chi connectivity index (χ0n) is 8.19. The number of benzene rings is 1. The molecule has 0 aromatic heterocycles. The monoisotopic (exact) mass is 204 g/mol. The first-order valence-electron chi connectivity index (χ1n) is 4.85. The van der Waals surface area contributed by atoms with Gasteiger partial charge in [-0.15, -0.1) is 0 Å². The number of nitrogens with two attached hydrogens (primary N) is 1. The lowest BCUT2D eigenvalue weighted by atomic mass is 10.1. The van der Waals surface area contributed by atoms with E-state index in [2.05, 4.69) is 5.32 Å². The van der Waals surface area contributed by atoms with Gasteiger partial charge in [-0.05, 0) is 18.1 Å². The molecule has 2 rings (SSSR count). The summed E-state index contributed by atoms with van der Waals surface area (Å²) in [5.74, 6) is -0.754. The Kier molecular flexibility index (Phi) is 2.41. The number of fused-ring (bicyclic) bond motifs is 1. The highest BCUT2D eigenvalue weighted by Crippen LogP contribution is 2.21. The molecule has 1 amide bonds. The van der Waals surface area contributed by atoms with Crippen LogP contribution in [0.15, 0.2) is 24.3 Å². The van der Waals surface area contributed by atoms with Crippen LogP contribution >= 0.6 is 0 Å². The van der Waals surface area contributed by atoms with Crippen LogP contribution in [0.1, 0.15) is 12.0 Å². The molecule has 1 aromatic rings. The van der Waals surface area contributed by atoms with E-state index in [0.29, 0.717) is 12.8 Å². The molecule has 78 valence electrons. The van der Waals surface area contributed by atoms with Crippen molar-refractivity contribution < 1.29 is 9.59 Å². The van der Waals surface area contributed by atoms with Crippen LogP contribution in [-0.2, 0) is 16.0 Å². The number of primary amides is 1. The Bertz CT molecular complexity index is 415. The number of para-hydroxylation sites is 1. The summed E-state index contributed by atoms with van der Waals surface area (Å²) in [7, 11) is 0. The van der Waals surface area contributed by atoms with E-state index in [0.717, 1.165) is 11.3 Å². The number of carbonyl (C=O) groups excluding carboxylic acids is 2. The number of hydrogen-bond acceptors (Lipinski definition) is 3. The topological polar surface area (TPSA) is 72.2 Å². The predicted molar refractivity (Wildman–Crippen MR) is 56.4 cm³/mol. The summed E-state index contributed by atoms with van der Waals surface area (Å²) < 4.78 is 0. The molecule has 1 aromatic carbocycles. The normalized spacial score (nSPS) is 20.0. The molecule has 0 saturated carbocycles. The lowest BCUT2D eigenvalue weighted by molar-refractivity contribution is -0.127. The molecule has 1 atom stereocenters. The van der Waals surface area contributed by atoms with E-state index in [4.69, 9.17) is 5.73 Å². The highest BCUT2D eigenvalue weighted by atomic mass is 16.2. The van der Waals surface area contributed by atoms with Gasteiger partial charge >= 0.3 is 0 Å². The lowest BCUT2D eigenvalue weighted by Crippen LogP contribution is -2.41. The molecule has 1 aliphatic rings. The van der Waals surface area contributed by atoms with E-state index in [1.807, 2.05) is 24.3 Å². The van der Waals surface area contributed by atoms with Gasteiger partial charge < -0.3 is 11.1 Å². The first-order chi connectivity index (χ1) is 7.18. The quantitative estimate of drug-likeness (QED) is 0.653. The van der Waals surface area contributed by atoms with Crippen LogP contribution < -0.4 is 11.1 Å². The minimum atomic E-state index is -0.881. The van der Waals surface area contributed by atoms with Crippen LogP contribution in [0.3, 0.4) is 0 Å². The molecule has 1 aliphatic heterocycles. The summed E-state index contributed by atoms with van der Waals surface area (Å²) in [6, 6.07) is 6.69. The standard InChI is InChI=1S/C11H12N2O2/c12-11(15)10-9(14)6-5-7-3-1-2-4-8(7)13-10/h1-4,10,13H,5-6H2,(H2,12,15). The molecular weight excluding hydrogens is 192 g/mol. The van der Waals surface area contributed by atoms with Crippen molar-refractivity contribution in [3.05, 3.63) is 29.8 Å². The van der Waals surface area contributed by atoms with Crippen molar-refractivity contribution in [2.45, 2.75) is 18.9 Å². The summed E-state index contributed by atoms with van der Waals surface area (Å²) in [5, 5.41) is 2.88. The maximum absolute atomic E-state index is 11.6. The zero-order chi connectivity index (χ0) is 10.8. The molecular formula is C11H12N2O2. The molecule has 0 radical (unpaired) electrons. The summed E-state index contributed by atoms with van der Waals surface area (Å²) in [4.78, 5) is 22.6. The van der Waals surface area contributed by atoms with Crippen LogP contribution in [0.4, 0.5) is 5.69 Å². The number of hydrogen-bond donors (Lipinski definition) is 2.